The van der Waals surface area contributed by atoms with Gasteiger partial charge in [0.1, 0.15) is 11.9 Å². The standard InChI is InChI=1S/C29H33FN4O2S/c1-5-21-10-6-17(2)34(21)28(35)26-14-22(18-7-8-20(15-31)23(30)12-18)27(37-26)19-9-11-25(24(32)13-19)33-16-29(3,4)36/h7-9,11-14,17,21,33,36H,5-6,10,16,32H2,1-4H3. The molecule has 2 heterocycles. The summed E-state index contributed by atoms with van der Waals surface area (Å²) in [6.07, 6.45) is 2.87. The van der Waals surface area contributed by atoms with Gasteiger partial charge in [-0.2, -0.15) is 5.26 Å². The van der Waals surface area contributed by atoms with Crippen molar-refractivity contribution in [2.75, 3.05) is 17.6 Å². The predicted octanol–water partition coefficient (Wildman–Crippen LogP) is 6.26. The number of nitrogens with zero attached hydrogens (tertiary/aromatic N) is 2. The van der Waals surface area contributed by atoms with E-state index in [9.17, 15) is 14.3 Å². The molecule has 1 saturated heterocycles. The van der Waals surface area contributed by atoms with Crippen molar-refractivity contribution in [2.45, 2.75) is 64.6 Å². The molecule has 6 nitrogen and oxygen atoms in total. The molecule has 1 fully saturated rings. The van der Waals surface area contributed by atoms with Crippen LogP contribution in [0.3, 0.4) is 0 Å². The average molecular weight is 521 g/mol. The maximum atomic E-state index is 14.6. The van der Waals surface area contributed by atoms with E-state index in [0.29, 0.717) is 33.9 Å². The van der Waals surface area contributed by atoms with Gasteiger partial charge in [0.25, 0.3) is 5.91 Å². The van der Waals surface area contributed by atoms with E-state index >= 15 is 0 Å². The lowest BCUT2D eigenvalue weighted by atomic mass is 10.00. The summed E-state index contributed by atoms with van der Waals surface area (Å²) in [5.41, 5.74) is 8.72. The Kier molecular flexibility index (Phi) is 7.58. The molecule has 8 heteroatoms. The van der Waals surface area contributed by atoms with Crippen LogP contribution in [-0.4, -0.2) is 40.1 Å². The minimum absolute atomic E-state index is 0.0140. The van der Waals surface area contributed by atoms with E-state index in [1.54, 1.807) is 19.9 Å². The molecule has 194 valence electrons. The van der Waals surface area contributed by atoms with Gasteiger partial charge < -0.3 is 21.1 Å². The maximum Gasteiger partial charge on any atom is 0.264 e. The summed E-state index contributed by atoms with van der Waals surface area (Å²) in [5, 5.41) is 22.4. The van der Waals surface area contributed by atoms with E-state index in [0.717, 1.165) is 29.7 Å². The SMILES string of the molecule is CCC1CCC(C)N1C(=O)c1cc(-c2ccc(C#N)c(F)c2)c(-c2ccc(NCC(C)(C)O)c(N)c2)s1. The van der Waals surface area contributed by atoms with Crippen molar-refractivity contribution in [3.63, 3.8) is 0 Å². The van der Waals surface area contributed by atoms with Crippen LogP contribution in [0.2, 0.25) is 0 Å². The zero-order chi connectivity index (χ0) is 26.9. The van der Waals surface area contributed by atoms with E-state index < -0.39 is 11.4 Å². The first-order chi connectivity index (χ1) is 17.5. The second kappa shape index (κ2) is 10.5. The molecule has 0 spiro atoms. The predicted molar refractivity (Wildman–Crippen MR) is 148 cm³/mol. The number of carbonyl (C=O) groups excluding carboxylic acids is 1. The Morgan fingerprint density at radius 3 is 2.59 bits per heavy atom. The van der Waals surface area contributed by atoms with Crippen molar-refractivity contribution in [3.05, 3.63) is 58.7 Å². The Morgan fingerprint density at radius 1 is 1.24 bits per heavy atom. The second-order valence-corrected chi connectivity index (χ2v) is 11.4. The fourth-order valence-corrected chi connectivity index (χ4v) is 5.96. The lowest BCUT2D eigenvalue weighted by Gasteiger charge is -2.27. The van der Waals surface area contributed by atoms with Crippen LogP contribution in [0.25, 0.3) is 21.6 Å². The average Bonchev–Trinajstić information content (AvgIpc) is 3.46. The topological polar surface area (TPSA) is 102 Å². The number of hydrogen-bond donors (Lipinski definition) is 3. The monoisotopic (exact) mass is 520 g/mol. The third-order valence-electron chi connectivity index (χ3n) is 6.86. The van der Waals surface area contributed by atoms with Crippen molar-refractivity contribution >= 4 is 28.6 Å². The molecule has 0 aliphatic carbocycles. The number of rotatable bonds is 7. The van der Waals surface area contributed by atoms with Crippen molar-refractivity contribution in [1.29, 1.82) is 5.26 Å². The van der Waals surface area contributed by atoms with E-state index in [1.807, 2.05) is 35.2 Å². The van der Waals surface area contributed by atoms with Crippen molar-refractivity contribution in [1.82, 2.24) is 4.90 Å². The first kappa shape index (κ1) is 26.6. The molecule has 0 bridgehead atoms. The highest BCUT2D eigenvalue weighted by Crippen LogP contribution is 2.42. The first-order valence-electron chi connectivity index (χ1n) is 12.5. The summed E-state index contributed by atoms with van der Waals surface area (Å²) in [7, 11) is 0. The fraction of sp³-hybridized carbons (Fsp3) is 0.379. The molecule has 2 atom stereocenters. The van der Waals surface area contributed by atoms with Gasteiger partial charge in [-0.05, 0) is 81.5 Å². The molecule has 0 radical (unpaired) electrons. The number of thiophene rings is 1. The molecule has 1 aliphatic rings. The van der Waals surface area contributed by atoms with E-state index in [4.69, 9.17) is 11.0 Å². The molecule has 1 amide bonds. The van der Waals surface area contributed by atoms with Gasteiger partial charge in [-0.3, -0.25) is 4.79 Å². The summed E-state index contributed by atoms with van der Waals surface area (Å²) in [6.45, 7) is 7.93. The Morgan fingerprint density at radius 2 is 1.97 bits per heavy atom. The third-order valence-corrected chi connectivity index (χ3v) is 8.03. The molecule has 4 N–H and O–H groups in total. The van der Waals surface area contributed by atoms with Crippen molar-refractivity contribution in [2.24, 2.45) is 0 Å². The Balaban J connectivity index is 1.78. The largest absolute Gasteiger partial charge is 0.397 e. The number of hydrogen-bond acceptors (Lipinski definition) is 6. The van der Waals surface area contributed by atoms with Gasteiger partial charge in [0, 0.05) is 29.1 Å². The molecule has 3 aromatic rings. The number of amides is 1. The van der Waals surface area contributed by atoms with Gasteiger partial charge in [0.15, 0.2) is 0 Å². The highest BCUT2D eigenvalue weighted by Gasteiger charge is 2.35. The number of aliphatic hydroxyl groups is 1. The lowest BCUT2D eigenvalue weighted by molar-refractivity contribution is 0.0681. The van der Waals surface area contributed by atoms with Gasteiger partial charge in [-0.1, -0.05) is 19.1 Å². The molecular formula is C29H33FN4O2S. The van der Waals surface area contributed by atoms with Gasteiger partial charge in [-0.25, -0.2) is 4.39 Å². The summed E-state index contributed by atoms with van der Waals surface area (Å²) >= 11 is 1.37. The molecule has 2 unspecified atom stereocenters. The normalized spacial score (nSPS) is 17.6. The summed E-state index contributed by atoms with van der Waals surface area (Å²) in [4.78, 5) is 17.1. The van der Waals surface area contributed by atoms with E-state index in [1.165, 1.54) is 23.5 Å². The van der Waals surface area contributed by atoms with Crippen LogP contribution in [0.1, 0.15) is 62.2 Å². The van der Waals surface area contributed by atoms with Crippen molar-refractivity contribution < 1.29 is 14.3 Å². The molecule has 4 rings (SSSR count). The highest BCUT2D eigenvalue weighted by molar-refractivity contribution is 7.18. The number of carbonyl (C=O) groups is 1. The number of nitrogens with one attached hydrogen (secondary N) is 1. The molecule has 1 aliphatic heterocycles. The lowest BCUT2D eigenvalue weighted by Crippen LogP contribution is -2.39. The van der Waals surface area contributed by atoms with Crippen LogP contribution in [0.5, 0.6) is 0 Å². The van der Waals surface area contributed by atoms with E-state index in [-0.39, 0.29) is 23.6 Å². The van der Waals surface area contributed by atoms with Gasteiger partial charge in [0.05, 0.1) is 27.4 Å². The van der Waals surface area contributed by atoms with Crippen LogP contribution in [0.15, 0.2) is 42.5 Å². The molecule has 37 heavy (non-hydrogen) atoms. The van der Waals surface area contributed by atoms with Gasteiger partial charge in [0.2, 0.25) is 0 Å². The van der Waals surface area contributed by atoms with Crippen LogP contribution in [0.4, 0.5) is 15.8 Å². The minimum Gasteiger partial charge on any atom is -0.397 e. The summed E-state index contributed by atoms with van der Waals surface area (Å²) in [6, 6.07) is 14.1. The zero-order valence-electron chi connectivity index (χ0n) is 21.6. The number of anilines is 2. The van der Waals surface area contributed by atoms with E-state index in [2.05, 4.69) is 19.2 Å². The van der Waals surface area contributed by atoms with Crippen LogP contribution in [-0.2, 0) is 0 Å². The zero-order valence-corrected chi connectivity index (χ0v) is 22.5. The highest BCUT2D eigenvalue weighted by atomic mass is 32.1. The number of halogens is 1. The summed E-state index contributed by atoms with van der Waals surface area (Å²) < 4.78 is 14.6. The fourth-order valence-electron chi connectivity index (χ4n) is 4.84. The smallest absolute Gasteiger partial charge is 0.264 e. The second-order valence-electron chi connectivity index (χ2n) is 10.3. The number of nitrogens with two attached hydrogens (primary N) is 1. The van der Waals surface area contributed by atoms with Crippen LogP contribution < -0.4 is 11.1 Å². The molecule has 1 aromatic heterocycles. The molecule has 2 aromatic carbocycles. The summed E-state index contributed by atoms with van der Waals surface area (Å²) in [5.74, 6) is -0.616. The number of likely N-dealkylation sites (tertiary alicyclic amines) is 1. The minimum atomic E-state index is -0.899. The Labute approximate surface area is 221 Å². The maximum absolute atomic E-state index is 14.6. The third kappa shape index (κ3) is 5.63. The Hall–Kier alpha value is -3.41. The first-order valence-corrected chi connectivity index (χ1v) is 13.4. The van der Waals surface area contributed by atoms with Crippen LogP contribution >= 0.6 is 11.3 Å². The van der Waals surface area contributed by atoms with Crippen molar-refractivity contribution in [3.8, 4) is 27.6 Å². The quantitative estimate of drug-likeness (QED) is 0.319. The molecular weight excluding hydrogens is 487 g/mol. The number of nitrogen functional groups attached to an aromatic ring is 1. The number of benzene rings is 2. The van der Waals surface area contributed by atoms with Gasteiger partial charge >= 0.3 is 0 Å². The Bertz CT molecular complexity index is 1350. The van der Waals surface area contributed by atoms with Gasteiger partial charge in [-0.15, -0.1) is 11.3 Å². The number of nitriles is 1. The van der Waals surface area contributed by atoms with Crippen LogP contribution in [0, 0.1) is 17.1 Å². The molecule has 0 saturated carbocycles.